The number of nitrogens with zero attached hydrogens (tertiary/aromatic N) is 1. The van der Waals surface area contributed by atoms with Crippen LogP contribution in [0.3, 0.4) is 0 Å². The number of likely N-dealkylation sites (N-methyl/N-ethyl adjacent to an activating group) is 1. The van der Waals surface area contributed by atoms with E-state index in [1.165, 1.54) is 0 Å². The SMILES string of the molecule is C=C(C(N)=O)C(CCC)N(C)C. The smallest absolute Gasteiger partial charge is 0.245 e. The zero-order valence-electron chi connectivity index (χ0n) is 8.13. The van der Waals surface area contributed by atoms with Gasteiger partial charge in [0.05, 0.1) is 0 Å². The average Bonchev–Trinajstić information content (AvgIpc) is 1.98. The van der Waals surface area contributed by atoms with Gasteiger partial charge in [0.25, 0.3) is 0 Å². The van der Waals surface area contributed by atoms with Crippen molar-refractivity contribution in [3.8, 4) is 0 Å². The molecule has 0 aromatic carbocycles. The largest absolute Gasteiger partial charge is 0.366 e. The van der Waals surface area contributed by atoms with Gasteiger partial charge in [-0.15, -0.1) is 0 Å². The molecule has 12 heavy (non-hydrogen) atoms. The minimum absolute atomic E-state index is 0.0903. The second-order valence-electron chi connectivity index (χ2n) is 3.16. The van der Waals surface area contributed by atoms with Crippen molar-refractivity contribution in [3.63, 3.8) is 0 Å². The molecule has 0 bridgehead atoms. The zero-order chi connectivity index (χ0) is 9.72. The van der Waals surface area contributed by atoms with Crippen molar-refractivity contribution in [1.82, 2.24) is 4.90 Å². The molecule has 0 rings (SSSR count). The fourth-order valence-electron chi connectivity index (χ4n) is 1.18. The predicted molar refractivity (Wildman–Crippen MR) is 50.7 cm³/mol. The summed E-state index contributed by atoms with van der Waals surface area (Å²) >= 11 is 0. The number of nitrogens with two attached hydrogens (primary N) is 1. The molecule has 2 N–H and O–H groups in total. The van der Waals surface area contributed by atoms with Crippen molar-refractivity contribution in [2.45, 2.75) is 25.8 Å². The molecule has 0 radical (unpaired) electrons. The van der Waals surface area contributed by atoms with E-state index in [1.54, 1.807) is 0 Å². The monoisotopic (exact) mass is 170 g/mol. The second kappa shape index (κ2) is 4.93. The highest BCUT2D eigenvalue weighted by Crippen LogP contribution is 2.11. The number of amides is 1. The minimum Gasteiger partial charge on any atom is -0.366 e. The normalized spacial score (nSPS) is 13.0. The maximum atomic E-state index is 10.8. The van der Waals surface area contributed by atoms with Crippen LogP contribution in [0.1, 0.15) is 19.8 Å². The first-order chi connectivity index (χ1) is 5.50. The van der Waals surface area contributed by atoms with E-state index in [1.807, 2.05) is 19.0 Å². The molecule has 1 unspecified atom stereocenters. The molecule has 0 aromatic rings. The fourth-order valence-corrected chi connectivity index (χ4v) is 1.18. The Hall–Kier alpha value is -0.830. The van der Waals surface area contributed by atoms with Gasteiger partial charge in [-0.3, -0.25) is 4.79 Å². The van der Waals surface area contributed by atoms with Crippen LogP contribution in [-0.2, 0) is 4.79 Å². The number of carbonyl (C=O) groups is 1. The third-order valence-electron chi connectivity index (χ3n) is 1.90. The van der Waals surface area contributed by atoms with E-state index in [0.29, 0.717) is 5.57 Å². The third kappa shape index (κ3) is 3.05. The van der Waals surface area contributed by atoms with Gasteiger partial charge in [0.2, 0.25) is 5.91 Å². The summed E-state index contributed by atoms with van der Waals surface area (Å²) in [6.45, 7) is 5.75. The van der Waals surface area contributed by atoms with Gasteiger partial charge in [-0.25, -0.2) is 0 Å². The summed E-state index contributed by atoms with van der Waals surface area (Å²) in [5, 5.41) is 0. The molecular weight excluding hydrogens is 152 g/mol. The van der Waals surface area contributed by atoms with Crippen molar-refractivity contribution in [1.29, 1.82) is 0 Å². The highest BCUT2D eigenvalue weighted by molar-refractivity contribution is 5.92. The summed E-state index contributed by atoms with van der Waals surface area (Å²) in [6, 6.07) is 0.0903. The number of hydrogen-bond donors (Lipinski definition) is 1. The summed E-state index contributed by atoms with van der Waals surface area (Å²) < 4.78 is 0. The molecular formula is C9H18N2O. The first kappa shape index (κ1) is 11.2. The molecule has 0 fully saturated rings. The Labute approximate surface area is 74.2 Å². The van der Waals surface area contributed by atoms with E-state index in [4.69, 9.17) is 5.73 Å². The third-order valence-corrected chi connectivity index (χ3v) is 1.90. The Bertz CT molecular complexity index is 175. The van der Waals surface area contributed by atoms with Crippen molar-refractivity contribution in [2.24, 2.45) is 5.73 Å². The van der Waals surface area contributed by atoms with E-state index < -0.39 is 5.91 Å². The van der Waals surface area contributed by atoms with Gasteiger partial charge in [-0.1, -0.05) is 19.9 Å². The van der Waals surface area contributed by atoms with Crippen molar-refractivity contribution < 1.29 is 4.79 Å². The van der Waals surface area contributed by atoms with E-state index in [9.17, 15) is 4.79 Å². The lowest BCUT2D eigenvalue weighted by atomic mass is 10.0. The Morgan fingerprint density at radius 2 is 2.08 bits per heavy atom. The second-order valence-corrected chi connectivity index (χ2v) is 3.16. The van der Waals surface area contributed by atoms with Crippen LogP contribution in [0, 0.1) is 0 Å². The van der Waals surface area contributed by atoms with Gasteiger partial charge in [-0.05, 0) is 20.5 Å². The molecule has 0 heterocycles. The van der Waals surface area contributed by atoms with Crippen LogP contribution in [0.25, 0.3) is 0 Å². The summed E-state index contributed by atoms with van der Waals surface area (Å²) in [5.41, 5.74) is 5.64. The molecule has 0 aliphatic carbocycles. The van der Waals surface area contributed by atoms with E-state index in [-0.39, 0.29) is 6.04 Å². The summed E-state index contributed by atoms with van der Waals surface area (Å²) in [4.78, 5) is 12.8. The molecule has 0 saturated heterocycles. The standard InChI is InChI=1S/C9H18N2O/c1-5-6-8(11(3)4)7(2)9(10)12/h8H,2,5-6H2,1,3-4H3,(H2,10,12). The summed E-state index contributed by atoms with van der Waals surface area (Å²) in [5.74, 6) is -0.401. The van der Waals surface area contributed by atoms with Crippen LogP contribution in [-0.4, -0.2) is 30.9 Å². The topological polar surface area (TPSA) is 46.3 Å². The van der Waals surface area contributed by atoms with Crippen LogP contribution >= 0.6 is 0 Å². The zero-order valence-corrected chi connectivity index (χ0v) is 8.13. The number of carbonyl (C=O) groups excluding carboxylic acids is 1. The highest BCUT2D eigenvalue weighted by Gasteiger charge is 2.17. The molecule has 0 aliphatic heterocycles. The Kier molecular flexibility index (Phi) is 4.59. The molecule has 0 aromatic heterocycles. The molecule has 1 amide bonds. The summed E-state index contributed by atoms with van der Waals surface area (Å²) in [7, 11) is 3.85. The first-order valence-corrected chi connectivity index (χ1v) is 4.15. The van der Waals surface area contributed by atoms with Crippen LogP contribution in [0.2, 0.25) is 0 Å². The number of primary amides is 1. The van der Waals surface area contributed by atoms with Gasteiger partial charge < -0.3 is 10.6 Å². The molecule has 3 heteroatoms. The van der Waals surface area contributed by atoms with Crippen molar-refractivity contribution in [2.75, 3.05) is 14.1 Å². The van der Waals surface area contributed by atoms with Crippen molar-refractivity contribution >= 4 is 5.91 Å². The quantitative estimate of drug-likeness (QED) is 0.619. The van der Waals surface area contributed by atoms with E-state index in [0.717, 1.165) is 12.8 Å². The maximum Gasteiger partial charge on any atom is 0.245 e. The molecule has 0 saturated carbocycles. The van der Waals surface area contributed by atoms with Crippen molar-refractivity contribution in [3.05, 3.63) is 12.2 Å². The predicted octanol–water partition coefficient (Wildman–Crippen LogP) is 0.758. The Morgan fingerprint density at radius 3 is 2.33 bits per heavy atom. The Balaban J connectivity index is 4.29. The molecule has 0 spiro atoms. The summed E-state index contributed by atoms with van der Waals surface area (Å²) in [6.07, 6.45) is 1.95. The molecule has 0 aliphatic rings. The van der Waals surface area contributed by atoms with E-state index >= 15 is 0 Å². The van der Waals surface area contributed by atoms with Crippen LogP contribution in [0.5, 0.6) is 0 Å². The number of rotatable bonds is 5. The maximum absolute atomic E-state index is 10.8. The van der Waals surface area contributed by atoms with Gasteiger partial charge in [-0.2, -0.15) is 0 Å². The number of hydrogen-bond acceptors (Lipinski definition) is 2. The van der Waals surface area contributed by atoms with Crippen LogP contribution < -0.4 is 5.73 Å². The Morgan fingerprint density at radius 1 is 1.58 bits per heavy atom. The van der Waals surface area contributed by atoms with Gasteiger partial charge in [0.15, 0.2) is 0 Å². The van der Waals surface area contributed by atoms with Gasteiger partial charge >= 0.3 is 0 Å². The van der Waals surface area contributed by atoms with E-state index in [2.05, 4.69) is 13.5 Å². The average molecular weight is 170 g/mol. The lowest BCUT2D eigenvalue weighted by Crippen LogP contribution is -2.34. The highest BCUT2D eigenvalue weighted by atomic mass is 16.1. The molecule has 70 valence electrons. The van der Waals surface area contributed by atoms with Crippen LogP contribution in [0.4, 0.5) is 0 Å². The first-order valence-electron chi connectivity index (χ1n) is 4.15. The molecule has 1 atom stereocenters. The lowest BCUT2D eigenvalue weighted by molar-refractivity contribution is -0.115. The van der Waals surface area contributed by atoms with Gasteiger partial charge in [0, 0.05) is 11.6 Å². The fraction of sp³-hybridized carbons (Fsp3) is 0.667. The lowest BCUT2D eigenvalue weighted by Gasteiger charge is -2.24. The van der Waals surface area contributed by atoms with Crippen LogP contribution in [0.15, 0.2) is 12.2 Å². The van der Waals surface area contributed by atoms with Gasteiger partial charge in [0.1, 0.15) is 0 Å². The molecule has 3 nitrogen and oxygen atoms in total. The minimum atomic E-state index is -0.401.